The largest absolute Gasteiger partial charge is 0.361 e. The first kappa shape index (κ1) is 17.5. The first-order chi connectivity index (χ1) is 13.0. The molecule has 140 valence electrons. The molecule has 0 unspecified atom stereocenters. The van der Waals surface area contributed by atoms with E-state index in [1.807, 2.05) is 36.9 Å². The number of aromatic nitrogens is 3. The predicted molar refractivity (Wildman–Crippen MR) is 101 cm³/mol. The summed E-state index contributed by atoms with van der Waals surface area (Å²) in [4.78, 5) is 31.9. The molecule has 3 aromatic rings. The Morgan fingerprint density at radius 3 is 2.89 bits per heavy atom. The van der Waals surface area contributed by atoms with Gasteiger partial charge in [-0.3, -0.25) is 14.2 Å². The summed E-state index contributed by atoms with van der Waals surface area (Å²) in [5.41, 5.74) is 2.25. The van der Waals surface area contributed by atoms with E-state index in [2.05, 4.69) is 10.1 Å². The van der Waals surface area contributed by atoms with E-state index >= 15 is 0 Å². The van der Waals surface area contributed by atoms with E-state index in [4.69, 9.17) is 4.52 Å². The fraction of sp³-hybridized carbons (Fsp3) is 0.400. The topological polar surface area (TPSA) is 81.2 Å². The predicted octanol–water partition coefficient (Wildman–Crippen LogP) is 2.41. The van der Waals surface area contributed by atoms with Gasteiger partial charge in [0.25, 0.3) is 5.56 Å². The minimum Gasteiger partial charge on any atom is -0.361 e. The lowest BCUT2D eigenvalue weighted by molar-refractivity contribution is -0.132. The van der Waals surface area contributed by atoms with Crippen LogP contribution in [0.1, 0.15) is 35.9 Å². The number of amides is 1. The lowest BCUT2D eigenvalue weighted by Crippen LogP contribution is -2.43. The van der Waals surface area contributed by atoms with Crippen molar-refractivity contribution in [2.45, 2.75) is 39.2 Å². The first-order valence-electron chi connectivity index (χ1n) is 9.20. The maximum atomic E-state index is 12.8. The van der Waals surface area contributed by atoms with Crippen molar-refractivity contribution >= 4 is 16.8 Å². The van der Waals surface area contributed by atoms with Crippen molar-refractivity contribution in [3.8, 4) is 0 Å². The Bertz CT molecular complexity index is 1030. The average molecular weight is 366 g/mol. The molecule has 2 aromatic heterocycles. The van der Waals surface area contributed by atoms with Crippen LogP contribution in [0.5, 0.6) is 0 Å². The fourth-order valence-corrected chi connectivity index (χ4v) is 3.77. The summed E-state index contributed by atoms with van der Waals surface area (Å²) in [5, 5.41) is 4.53. The van der Waals surface area contributed by atoms with Gasteiger partial charge in [-0.25, -0.2) is 4.98 Å². The van der Waals surface area contributed by atoms with Gasteiger partial charge in [0, 0.05) is 18.7 Å². The number of aryl methyl sites for hydroxylation is 2. The minimum atomic E-state index is -0.0584. The van der Waals surface area contributed by atoms with Crippen LogP contribution in [0.2, 0.25) is 0 Å². The van der Waals surface area contributed by atoms with E-state index in [-0.39, 0.29) is 23.9 Å². The van der Waals surface area contributed by atoms with E-state index in [1.54, 1.807) is 17.0 Å². The number of piperidine rings is 1. The normalized spacial score (nSPS) is 17.4. The number of hydrogen-bond acceptors (Lipinski definition) is 5. The van der Waals surface area contributed by atoms with Crippen LogP contribution in [0.3, 0.4) is 0 Å². The van der Waals surface area contributed by atoms with E-state index in [0.29, 0.717) is 29.8 Å². The van der Waals surface area contributed by atoms with Gasteiger partial charge in [0.2, 0.25) is 5.91 Å². The molecule has 0 radical (unpaired) electrons. The Balaban J connectivity index is 1.55. The lowest BCUT2D eigenvalue weighted by atomic mass is 10.0. The molecule has 7 heteroatoms. The van der Waals surface area contributed by atoms with Gasteiger partial charge in [-0.1, -0.05) is 17.3 Å². The number of carbonyl (C=O) groups excluding carboxylic acids is 1. The van der Waals surface area contributed by atoms with Crippen molar-refractivity contribution in [3.05, 3.63) is 58.0 Å². The second-order valence-electron chi connectivity index (χ2n) is 7.09. The highest BCUT2D eigenvalue weighted by atomic mass is 16.5. The highest BCUT2D eigenvalue weighted by Crippen LogP contribution is 2.22. The molecular formula is C20H22N4O3. The molecule has 7 nitrogen and oxygen atoms in total. The molecule has 3 heterocycles. The zero-order chi connectivity index (χ0) is 19.0. The second-order valence-corrected chi connectivity index (χ2v) is 7.09. The quantitative estimate of drug-likeness (QED) is 0.711. The molecule has 0 bridgehead atoms. The van der Waals surface area contributed by atoms with Gasteiger partial charge in [0.15, 0.2) is 0 Å². The fourth-order valence-electron chi connectivity index (χ4n) is 3.77. The number of fused-ring (bicyclic) bond motifs is 1. The van der Waals surface area contributed by atoms with Gasteiger partial charge in [0.05, 0.1) is 35.4 Å². The van der Waals surface area contributed by atoms with Crippen LogP contribution in [-0.2, 0) is 11.2 Å². The van der Waals surface area contributed by atoms with Crippen molar-refractivity contribution < 1.29 is 9.32 Å². The third-order valence-electron chi connectivity index (χ3n) is 5.34. The van der Waals surface area contributed by atoms with Gasteiger partial charge >= 0.3 is 0 Å². The molecule has 1 aromatic carbocycles. The summed E-state index contributed by atoms with van der Waals surface area (Å²) in [5.74, 6) is 0.722. The lowest BCUT2D eigenvalue weighted by Gasteiger charge is -2.33. The Morgan fingerprint density at radius 2 is 2.11 bits per heavy atom. The molecule has 27 heavy (non-hydrogen) atoms. The molecule has 1 aliphatic rings. The van der Waals surface area contributed by atoms with E-state index in [0.717, 1.165) is 24.1 Å². The summed E-state index contributed by atoms with van der Waals surface area (Å²) in [6.07, 6.45) is 3.60. The van der Waals surface area contributed by atoms with Crippen LogP contribution in [0.15, 0.2) is 39.9 Å². The van der Waals surface area contributed by atoms with Gasteiger partial charge in [0.1, 0.15) is 5.76 Å². The molecule has 1 amide bonds. The van der Waals surface area contributed by atoms with Crippen LogP contribution >= 0.6 is 0 Å². The summed E-state index contributed by atoms with van der Waals surface area (Å²) in [6.45, 7) is 4.89. The molecule has 4 rings (SSSR count). The molecule has 0 N–H and O–H groups in total. The molecule has 1 fully saturated rings. The Hall–Kier alpha value is -2.96. The number of likely N-dealkylation sites (tertiary alicyclic amines) is 1. The zero-order valence-electron chi connectivity index (χ0n) is 15.5. The van der Waals surface area contributed by atoms with Crippen molar-refractivity contribution in [1.82, 2.24) is 19.6 Å². The van der Waals surface area contributed by atoms with Crippen LogP contribution in [0.4, 0.5) is 0 Å². The number of hydrogen-bond donors (Lipinski definition) is 0. The van der Waals surface area contributed by atoms with E-state index < -0.39 is 0 Å². The number of rotatable bonds is 3. The van der Waals surface area contributed by atoms with Crippen LogP contribution in [0, 0.1) is 13.8 Å². The molecule has 1 aliphatic heterocycles. The molecule has 0 aliphatic carbocycles. The monoisotopic (exact) mass is 366 g/mol. The summed E-state index contributed by atoms with van der Waals surface area (Å²) in [6, 6.07) is 7.29. The van der Waals surface area contributed by atoms with Gasteiger partial charge < -0.3 is 9.42 Å². The van der Waals surface area contributed by atoms with Crippen LogP contribution in [-0.4, -0.2) is 38.6 Å². The van der Waals surface area contributed by atoms with Crippen LogP contribution < -0.4 is 5.56 Å². The highest BCUT2D eigenvalue weighted by molar-refractivity contribution is 5.79. The maximum absolute atomic E-state index is 12.8. The van der Waals surface area contributed by atoms with E-state index in [1.165, 1.54) is 0 Å². The standard InChI is InChI=1S/C20H22N4O3/c1-13-17(14(2)27-22-13)10-19(25)23-9-5-6-15(11-23)24-12-21-18-8-4-3-7-16(18)20(24)26/h3-4,7-8,12,15H,5-6,9-11H2,1-2H3/t15-/m1/s1. The number of benzene rings is 1. The molecular weight excluding hydrogens is 344 g/mol. The molecule has 0 saturated carbocycles. The number of para-hydroxylation sites is 1. The van der Waals surface area contributed by atoms with Gasteiger partial charge in [-0.05, 0) is 38.8 Å². The van der Waals surface area contributed by atoms with Crippen molar-refractivity contribution in [2.75, 3.05) is 13.1 Å². The Morgan fingerprint density at radius 1 is 1.30 bits per heavy atom. The number of nitrogens with zero attached hydrogens (tertiary/aromatic N) is 4. The van der Waals surface area contributed by atoms with Crippen LogP contribution in [0.25, 0.3) is 10.9 Å². The average Bonchev–Trinajstić information content (AvgIpc) is 3.00. The summed E-state index contributed by atoms with van der Waals surface area (Å²) >= 11 is 0. The zero-order valence-corrected chi connectivity index (χ0v) is 15.5. The highest BCUT2D eigenvalue weighted by Gasteiger charge is 2.27. The molecule has 1 saturated heterocycles. The molecule has 1 atom stereocenters. The number of carbonyl (C=O) groups is 1. The van der Waals surface area contributed by atoms with Crippen molar-refractivity contribution in [2.24, 2.45) is 0 Å². The van der Waals surface area contributed by atoms with E-state index in [9.17, 15) is 9.59 Å². The third kappa shape index (κ3) is 3.25. The maximum Gasteiger partial charge on any atom is 0.261 e. The van der Waals surface area contributed by atoms with Gasteiger partial charge in [-0.15, -0.1) is 0 Å². The summed E-state index contributed by atoms with van der Waals surface area (Å²) < 4.78 is 6.83. The second kappa shape index (κ2) is 6.98. The summed E-state index contributed by atoms with van der Waals surface area (Å²) in [7, 11) is 0. The Kier molecular flexibility index (Phi) is 4.51. The van der Waals surface area contributed by atoms with Gasteiger partial charge in [-0.2, -0.15) is 0 Å². The minimum absolute atomic E-state index is 0.0379. The Labute approximate surface area is 156 Å². The molecule has 0 spiro atoms. The van der Waals surface area contributed by atoms with Crippen molar-refractivity contribution in [3.63, 3.8) is 0 Å². The SMILES string of the molecule is Cc1noc(C)c1CC(=O)N1CCC[C@@H](n2cnc3ccccc3c2=O)C1. The third-order valence-corrected chi connectivity index (χ3v) is 5.34. The smallest absolute Gasteiger partial charge is 0.261 e. The first-order valence-corrected chi connectivity index (χ1v) is 9.20. The van der Waals surface area contributed by atoms with Crippen molar-refractivity contribution in [1.29, 1.82) is 0 Å².